The van der Waals surface area contributed by atoms with Crippen LogP contribution in [0.1, 0.15) is 53.2 Å². The van der Waals surface area contributed by atoms with E-state index in [1.54, 1.807) is 24.2 Å². The number of hydrogen-bond donors (Lipinski definition) is 1. The first-order valence-corrected chi connectivity index (χ1v) is 10.5. The number of nitriles is 2. The number of thioether (sulfide) groups is 1. The summed E-state index contributed by atoms with van der Waals surface area (Å²) in [4.78, 5) is 11.1. The Morgan fingerprint density at radius 1 is 1.14 bits per heavy atom. The molecule has 1 atom stereocenters. The van der Waals surface area contributed by atoms with E-state index in [0.717, 1.165) is 61.0 Å². The predicted octanol–water partition coefficient (Wildman–Crippen LogP) is 3.36. The van der Waals surface area contributed by atoms with E-state index in [2.05, 4.69) is 34.3 Å². The zero-order valence-electron chi connectivity index (χ0n) is 15.9. The lowest BCUT2D eigenvalue weighted by atomic mass is 9.99. The number of aromatic nitrogens is 2. The van der Waals surface area contributed by atoms with Gasteiger partial charge in [-0.3, -0.25) is 4.98 Å². The summed E-state index contributed by atoms with van der Waals surface area (Å²) < 4.78 is 0. The molecule has 1 saturated carbocycles. The van der Waals surface area contributed by atoms with Crippen molar-refractivity contribution in [1.82, 2.24) is 15.3 Å². The molecule has 1 aliphatic heterocycles. The summed E-state index contributed by atoms with van der Waals surface area (Å²) in [7, 11) is 0. The second-order valence-corrected chi connectivity index (χ2v) is 8.51. The minimum atomic E-state index is 0.137. The van der Waals surface area contributed by atoms with Gasteiger partial charge in [0, 0.05) is 43.8 Å². The molecular weight excluding hydrogens is 368 g/mol. The molecule has 3 heterocycles. The van der Waals surface area contributed by atoms with Crippen molar-refractivity contribution < 1.29 is 0 Å². The van der Waals surface area contributed by atoms with Crippen LogP contribution >= 0.6 is 11.8 Å². The van der Waals surface area contributed by atoms with Crippen LogP contribution in [0.3, 0.4) is 0 Å². The summed E-state index contributed by atoms with van der Waals surface area (Å²) in [6, 6.07) is 8.73. The Morgan fingerprint density at radius 3 is 2.43 bits per heavy atom. The van der Waals surface area contributed by atoms with Gasteiger partial charge in [0.15, 0.2) is 0 Å². The number of anilines is 1. The molecule has 1 N–H and O–H groups in total. The van der Waals surface area contributed by atoms with Crippen LogP contribution in [0.15, 0.2) is 29.6 Å². The highest BCUT2D eigenvalue weighted by Gasteiger charge is 2.34. The Hall–Kier alpha value is -2.61. The first kappa shape index (κ1) is 18.7. The maximum absolute atomic E-state index is 9.93. The largest absolute Gasteiger partial charge is 0.353 e. The molecule has 1 aliphatic carbocycles. The summed E-state index contributed by atoms with van der Waals surface area (Å²) in [5, 5.41) is 24.1. The van der Waals surface area contributed by atoms with Crippen LogP contribution in [0.25, 0.3) is 0 Å². The van der Waals surface area contributed by atoms with Gasteiger partial charge in [0.2, 0.25) is 0 Å². The molecule has 28 heavy (non-hydrogen) atoms. The highest BCUT2D eigenvalue weighted by atomic mass is 32.2. The third-order valence-electron chi connectivity index (χ3n) is 5.27. The second-order valence-electron chi connectivity index (χ2n) is 7.18. The third-order valence-corrected chi connectivity index (χ3v) is 6.42. The number of piperazine rings is 1. The van der Waals surface area contributed by atoms with Crippen molar-refractivity contribution in [2.75, 3.05) is 31.1 Å². The standard InChI is InChI=1S/C21H22N6S/c1-14(15-4-6-24-7-5-15)28-21-18(13-23)19(16-2-3-16)17(12-22)20(26-21)27-10-8-25-9-11-27/h4-7,14,16,25H,2-3,8-11H2,1H3. The van der Waals surface area contributed by atoms with E-state index >= 15 is 0 Å². The molecule has 0 bridgehead atoms. The zero-order valence-corrected chi connectivity index (χ0v) is 16.7. The third kappa shape index (κ3) is 3.69. The quantitative estimate of drug-likeness (QED) is 0.783. The van der Waals surface area contributed by atoms with Crippen LogP contribution in [0.4, 0.5) is 5.82 Å². The monoisotopic (exact) mass is 390 g/mol. The fourth-order valence-corrected chi connectivity index (χ4v) is 4.67. The number of pyridine rings is 2. The van der Waals surface area contributed by atoms with E-state index in [0.29, 0.717) is 17.0 Å². The molecule has 6 nitrogen and oxygen atoms in total. The first-order chi connectivity index (χ1) is 13.7. The molecular formula is C21H22N6S. The van der Waals surface area contributed by atoms with Crippen LogP contribution in [0, 0.1) is 22.7 Å². The Bertz CT molecular complexity index is 936. The zero-order chi connectivity index (χ0) is 19.5. The van der Waals surface area contributed by atoms with E-state index in [1.165, 1.54) is 0 Å². The normalized spacial score (nSPS) is 17.6. The van der Waals surface area contributed by atoms with Crippen LogP contribution in [0.5, 0.6) is 0 Å². The summed E-state index contributed by atoms with van der Waals surface area (Å²) >= 11 is 1.59. The van der Waals surface area contributed by atoms with Crippen LogP contribution in [-0.4, -0.2) is 36.1 Å². The van der Waals surface area contributed by atoms with Crippen molar-refractivity contribution in [2.24, 2.45) is 0 Å². The average Bonchev–Trinajstić information content (AvgIpc) is 3.59. The lowest BCUT2D eigenvalue weighted by Crippen LogP contribution is -2.44. The van der Waals surface area contributed by atoms with Gasteiger partial charge in [0.05, 0.1) is 11.1 Å². The van der Waals surface area contributed by atoms with Crippen molar-refractivity contribution in [3.63, 3.8) is 0 Å². The maximum atomic E-state index is 9.93. The number of nitrogens with zero attached hydrogens (tertiary/aromatic N) is 5. The highest BCUT2D eigenvalue weighted by Crippen LogP contribution is 2.48. The van der Waals surface area contributed by atoms with Crippen LogP contribution in [0.2, 0.25) is 0 Å². The smallest absolute Gasteiger partial charge is 0.148 e. The number of rotatable bonds is 5. The molecule has 1 saturated heterocycles. The van der Waals surface area contributed by atoms with E-state index in [9.17, 15) is 10.5 Å². The van der Waals surface area contributed by atoms with E-state index in [-0.39, 0.29) is 5.25 Å². The second kappa shape index (κ2) is 8.18. The highest BCUT2D eigenvalue weighted by molar-refractivity contribution is 7.99. The summed E-state index contributed by atoms with van der Waals surface area (Å²) in [6.45, 7) is 5.51. The molecule has 0 amide bonds. The average molecular weight is 391 g/mol. The van der Waals surface area contributed by atoms with Crippen molar-refractivity contribution in [2.45, 2.75) is 36.0 Å². The molecule has 7 heteroatoms. The Kier molecular flexibility index (Phi) is 5.47. The molecule has 2 fully saturated rings. The predicted molar refractivity (Wildman–Crippen MR) is 109 cm³/mol. The van der Waals surface area contributed by atoms with Gasteiger partial charge < -0.3 is 10.2 Å². The lowest BCUT2D eigenvalue weighted by molar-refractivity contribution is 0.583. The maximum Gasteiger partial charge on any atom is 0.148 e. The van der Waals surface area contributed by atoms with Gasteiger partial charge in [-0.15, -0.1) is 0 Å². The minimum absolute atomic E-state index is 0.137. The SMILES string of the molecule is CC(Sc1nc(N2CCNCC2)c(C#N)c(C2CC2)c1C#N)c1ccncc1. The molecule has 0 radical (unpaired) electrons. The molecule has 4 rings (SSSR count). The first-order valence-electron chi connectivity index (χ1n) is 9.63. The molecule has 0 spiro atoms. The van der Waals surface area contributed by atoms with Gasteiger partial charge in [-0.2, -0.15) is 10.5 Å². The van der Waals surface area contributed by atoms with Crippen LogP contribution in [-0.2, 0) is 0 Å². The minimum Gasteiger partial charge on any atom is -0.353 e. The van der Waals surface area contributed by atoms with E-state index < -0.39 is 0 Å². The molecule has 2 aromatic heterocycles. The topological polar surface area (TPSA) is 88.6 Å². The Morgan fingerprint density at radius 2 is 1.82 bits per heavy atom. The van der Waals surface area contributed by atoms with Crippen molar-refractivity contribution in [3.05, 3.63) is 46.8 Å². The Labute approximate surface area is 169 Å². The van der Waals surface area contributed by atoms with Crippen LogP contribution < -0.4 is 10.2 Å². The van der Waals surface area contributed by atoms with Gasteiger partial charge in [-0.25, -0.2) is 4.98 Å². The lowest BCUT2D eigenvalue weighted by Gasteiger charge is -2.30. The fourth-order valence-electron chi connectivity index (χ4n) is 3.63. The molecule has 142 valence electrons. The number of hydrogen-bond acceptors (Lipinski definition) is 7. The van der Waals surface area contributed by atoms with Crippen molar-refractivity contribution in [3.8, 4) is 12.1 Å². The van der Waals surface area contributed by atoms with Gasteiger partial charge in [-0.05, 0) is 48.9 Å². The Balaban J connectivity index is 1.79. The van der Waals surface area contributed by atoms with Crippen molar-refractivity contribution in [1.29, 1.82) is 10.5 Å². The summed E-state index contributed by atoms with van der Waals surface area (Å²) in [5.74, 6) is 1.05. The number of nitrogens with one attached hydrogen (secondary N) is 1. The van der Waals surface area contributed by atoms with Gasteiger partial charge >= 0.3 is 0 Å². The van der Waals surface area contributed by atoms with Crippen molar-refractivity contribution >= 4 is 17.6 Å². The molecule has 0 aromatic carbocycles. The summed E-state index contributed by atoms with van der Waals surface area (Å²) in [6.07, 6.45) is 5.65. The molecule has 2 aromatic rings. The fraction of sp³-hybridized carbons (Fsp3) is 0.429. The van der Waals surface area contributed by atoms with Gasteiger partial charge in [0.25, 0.3) is 0 Å². The molecule has 1 unspecified atom stereocenters. The van der Waals surface area contributed by atoms with E-state index in [4.69, 9.17) is 4.98 Å². The van der Waals surface area contributed by atoms with E-state index in [1.807, 2.05) is 12.1 Å². The molecule has 2 aliphatic rings. The summed E-state index contributed by atoms with van der Waals surface area (Å²) in [5.41, 5.74) is 3.25. The van der Waals surface area contributed by atoms with Gasteiger partial charge in [0.1, 0.15) is 23.0 Å². The van der Waals surface area contributed by atoms with Gasteiger partial charge in [-0.1, -0.05) is 11.8 Å².